The minimum Gasteiger partial charge on any atom is -0.479 e. The molecule has 0 saturated heterocycles. The van der Waals surface area contributed by atoms with Crippen LogP contribution in [0.2, 0.25) is 0 Å². The predicted octanol–water partition coefficient (Wildman–Crippen LogP) is -0.305. The van der Waals surface area contributed by atoms with E-state index in [1.54, 1.807) is 0 Å². The maximum absolute atomic E-state index is 9.45. The lowest BCUT2D eigenvalue weighted by atomic mass is 10.4. The molecule has 80 valence electrons. The zero-order valence-electron chi connectivity index (χ0n) is 8.69. The van der Waals surface area contributed by atoms with Gasteiger partial charge >= 0.3 is 5.97 Å². The molecule has 0 aromatic heterocycles. The number of carboxylic acids is 1. The normalized spacial score (nSPS) is 14.4. The summed E-state index contributed by atoms with van der Waals surface area (Å²) in [7, 11) is 3.96. The van der Waals surface area contributed by atoms with E-state index >= 15 is 0 Å². The van der Waals surface area contributed by atoms with Gasteiger partial charge in [-0.3, -0.25) is 4.90 Å². The molecule has 5 heteroatoms. The SMILES string of the molecule is CC(O)C(=O)O.CCC(N)N(C)C. The van der Waals surface area contributed by atoms with Crippen molar-refractivity contribution in [1.82, 2.24) is 4.90 Å². The second-order valence-corrected chi connectivity index (χ2v) is 2.95. The zero-order valence-corrected chi connectivity index (χ0v) is 8.69. The quantitative estimate of drug-likeness (QED) is 0.534. The molecule has 0 fully saturated rings. The third-order valence-electron chi connectivity index (χ3n) is 1.44. The molecule has 0 rings (SSSR count). The largest absolute Gasteiger partial charge is 0.479 e. The first-order valence-electron chi connectivity index (χ1n) is 4.15. The number of nitrogens with two attached hydrogens (primary N) is 1. The average Bonchev–Trinajstić information content (AvgIpc) is 2.03. The molecule has 0 bridgehead atoms. The Kier molecular flexibility index (Phi) is 9.11. The summed E-state index contributed by atoms with van der Waals surface area (Å²) in [6, 6.07) is 0. The molecule has 0 amide bonds. The van der Waals surface area contributed by atoms with Gasteiger partial charge in [0.1, 0.15) is 6.10 Å². The lowest BCUT2D eigenvalue weighted by Gasteiger charge is -2.16. The van der Waals surface area contributed by atoms with Crippen molar-refractivity contribution in [3.8, 4) is 0 Å². The van der Waals surface area contributed by atoms with Gasteiger partial charge in [-0.1, -0.05) is 6.92 Å². The minimum absolute atomic E-state index is 0.236. The van der Waals surface area contributed by atoms with Crippen LogP contribution in [0.3, 0.4) is 0 Å². The fourth-order valence-electron chi connectivity index (χ4n) is 0.365. The van der Waals surface area contributed by atoms with Crippen LogP contribution in [0.15, 0.2) is 0 Å². The Morgan fingerprint density at radius 3 is 1.85 bits per heavy atom. The van der Waals surface area contributed by atoms with Crippen molar-refractivity contribution in [3.05, 3.63) is 0 Å². The molecule has 4 N–H and O–H groups in total. The van der Waals surface area contributed by atoms with Gasteiger partial charge in [0.25, 0.3) is 0 Å². The molecule has 0 aliphatic rings. The van der Waals surface area contributed by atoms with Crippen molar-refractivity contribution in [2.24, 2.45) is 5.73 Å². The summed E-state index contributed by atoms with van der Waals surface area (Å²) < 4.78 is 0. The van der Waals surface area contributed by atoms with Gasteiger partial charge in [0, 0.05) is 0 Å². The van der Waals surface area contributed by atoms with Crippen molar-refractivity contribution < 1.29 is 15.0 Å². The van der Waals surface area contributed by atoms with Gasteiger partial charge in [0.05, 0.1) is 6.17 Å². The van der Waals surface area contributed by atoms with Gasteiger partial charge < -0.3 is 15.9 Å². The highest BCUT2D eigenvalue weighted by Gasteiger charge is 2.01. The van der Waals surface area contributed by atoms with E-state index in [0.717, 1.165) is 6.42 Å². The van der Waals surface area contributed by atoms with Crippen LogP contribution in [0, 0.1) is 0 Å². The number of nitrogens with zero attached hydrogens (tertiary/aromatic N) is 1. The molecule has 0 aromatic carbocycles. The van der Waals surface area contributed by atoms with Crippen LogP contribution < -0.4 is 5.73 Å². The van der Waals surface area contributed by atoms with Crippen LogP contribution in [0.4, 0.5) is 0 Å². The highest BCUT2D eigenvalue weighted by atomic mass is 16.4. The number of carboxylic acid groups (broad SMARTS) is 1. The van der Waals surface area contributed by atoms with Crippen molar-refractivity contribution in [2.45, 2.75) is 32.5 Å². The van der Waals surface area contributed by atoms with E-state index in [4.69, 9.17) is 15.9 Å². The third kappa shape index (κ3) is 11.3. The number of carbonyl (C=O) groups is 1. The Balaban J connectivity index is 0. The van der Waals surface area contributed by atoms with E-state index in [-0.39, 0.29) is 6.17 Å². The fourth-order valence-corrected chi connectivity index (χ4v) is 0.365. The summed E-state index contributed by atoms with van der Waals surface area (Å²) >= 11 is 0. The summed E-state index contributed by atoms with van der Waals surface area (Å²) in [6.45, 7) is 3.27. The summed E-state index contributed by atoms with van der Waals surface area (Å²) in [5, 5.41) is 15.8. The molecule has 0 spiro atoms. The zero-order chi connectivity index (χ0) is 11.0. The highest BCUT2D eigenvalue weighted by molar-refractivity contribution is 5.71. The summed E-state index contributed by atoms with van der Waals surface area (Å²) in [6.07, 6.45) is 0.0255. The first-order chi connectivity index (χ1) is 5.82. The number of hydrogen-bond donors (Lipinski definition) is 3. The van der Waals surface area contributed by atoms with Crippen molar-refractivity contribution in [2.75, 3.05) is 14.1 Å². The van der Waals surface area contributed by atoms with E-state index in [1.807, 2.05) is 19.0 Å². The number of aliphatic carboxylic acids is 1. The second kappa shape index (κ2) is 7.97. The summed E-state index contributed by atoms with van der Waals surface area (Å²) in [4.78, 5) is 11.4. The Morgan fingerprint density at radius 1 is 1.54 bits per heavy atom. The van der Waals surface area contributed by atoms with Gasteiger partial charge in [-0.25, -0.2) is 4.79 Å². The predicted molar refractivity (Wildman–Crippen MR) is 51.3 cm³/mol. The van der Waals surface area contributed by atoms with Gasteiger partial charge in [0.2, 0.25) is 0 Å². The van der Waals surface area contributed by atoms with Gasteiger partial charge in [0.15, 0.2) is 0 Å². The standard InChI is InChI=1S/C5H14N2.C3H6O3/c1-4-5(6)7(2)3;1-2(4)3(5)6/h5H,4,6H2,1-3H3;2,4H,1H3,(H,5,6). The lowest BCUT2D eigenvalue weighted by molar-refractivity contribution is -0.145. The molecular weight excluding hydrogens is 172 g/mol. The number of aliphatic hydroxyl groups excluding tert-OH is 1. The van der Waals surface area contributed by atoms with Crippen LogP contribution in [-0.2, 0) is 4.79 Å². The summed E-state index contributed by atoms with van der Waals surface area (Å²) in [5.74, 6) is -1.19. The fraction of sp³-hybridized carbons (Fsp3) is 0.875. The maximum atomic E-state index is 9.45. The van der Waals surface area contributed by atoms with Crippen LogP contribution in [0.5, 0.6) is 0 Å². The molecule has 0 saturated carbocycles. The topological polar surface area (TPSA) is 86.8 Å². The number of rotatable bonds is 3. The second-order valence-electron chi connectivity index (χ2n) is 2.95. The van der Waals surface area contributed by atoms with E-state index < -0.39 is 12.1 Å². The van der Waals surface area contributed by atoms with Crippen LogP contribution in [0.1, 0.15) is 20.3 Å². The van der Waals surface area contributed by atoms with E-state index in [9.17, 15) is 4.79 Å². The molecule has 2 unspecified atom stereocenters. The lowest BCUT2D eigenvalue weighted by Crippen LogP contribution is -2.35. The molecule has 0 aromatic rings. The Hall–Kier alpha value is -0.650. The molecule has 0 aliphatic heterocycles. The minimum atomic E-state index is -1.23. The van der Waals surface area contributed by atoms with E-state index in [1.165, 1.54) is 6.92 Å². The molecular formula is C8H20N2O3. The molecule has 0 heterocycles. The molecule has 13 heavy (non-hydrogen) atoms. The van der Waals surface area contributed by atoms with Gasteiger partial charge in [-0.15, -0.1) is 0 Å². The first-order valence-corrected chi connectivity index (χ1v) is 4.15. The Labute approximate surface area is 79.1 Å². The van der Waals surface area contributed by atoms with Gasteiger partial charge in [-0.05, 0) is 27.4 Å². The monoisotopic (exact) mass is 192 g/mol. The van der Waals surface area contributed by atoms with Crippen LogP contribution in [0.25, 0.3) is 0 Å². The maximum Gasteiger partial charge on any atom is 0.332 e. The summed E-state index contributed by atoms with van der Waals surface area (Å²) in [5.41, 5.74) is 5.54. The average molecular weight is 192 g/mol. The third-order valence-corrected chi connectivity index (χ3v) is 1.44. The smallest absolute Gasteiger partial charge is 0.332 e. The number of hydrogen-bond acceptors (Lipinski definition) is 4. The molecule has 5 nitrogen and oxygen atoms in total. The first kappa shape index (κ1) is 14.9. The Bertz CT molecular complexity index is 137. The van der Waals surface area contributed by atoms with Crippen molar-refractivity contribution in [3.63, 3.8) is 0 Å². The van der Waals surface area contributed by atoms with Crippen LogP contribution >= 0.6 is 0 Å². The van der Waals surface area contributed by atoms with E-state index in [0.29, 0.717) is 0 Å². The van der Waals surface area contributed by atoms with E-state index in [2.05, 4.69) is 6.92 Å². The number of aliphatic hydroxyl groups is 1. The molecule has 0 aliphatic carbocycles. The van der Waals surface area contributed by atoms with Crippen LogP contribution in [-0.4, -0.2) is 47.4 Å². The van der Waals surface area contributed by atoms with Crippen molar-refractivity contribution >= 4 is 5.97 Å². The van der Waals surface area contributed by atoms with Crippen molar-refractivity contribution in [1.29, 1.82) is 0 Å². The molecule has 2 atom stereocenters. The highest BCUT2D eigenvalue weighted by Crippen LogP contribution is 1.86. The van der Waals surface area contributed by atoms with Gasteiger partial charge in [-0.2, -0.15) is 0 Å². The Morgan fingerprint density at radius 2 is 1.85 bits per heavy atom. The molecule has 0 radical (unpaired) electrons.